The van der Waals surface area contributed by atoms with Gasteiger partial charge in [0.05, 0.1) is 6.10 Å². The van der Waals surface area contributed by atoms with Crippen molar-refractivity contribution in [3.05, 3.63) is 0 Å². The Labute approximate surface area is 75.2 Å². The van der Waals surface area contributed by atoms with Crippen molar-refractivity contribution < 1.29 is 5.11 Å². The Balaban J connectivity index is 2.16. The predicted octanol–water partition coefficient (Wildman–Crippen LogP) is 2.34. The fourth-order valence-corrected chi connectivity index (χ4v) is 1.99. The van der Waals surface area contributed by atoms with Gasteiger partial charge in [0.1, 0.15) is 0 Å². The van der Waals surface area contributed by atoms with Crippen molar-refractivity contribution in [1.82, 2.24) is 0 Å². The summed E-state index contributed by atoms with van der Waals surface area (Å²) in [7, 11) is 0. The zero-order valence-corrected chi connectivity index (χ0v) is 7.63. The van der Waals surface area contributed by atoms with Gasteiger partial charge in [0.2, 0.25) is 0 Å². The second-order valence-electron chi connectivity index (χ2n) is 3.71. The van der Waals surface area contributed by atoms with E-state index >= 15 is 0 Å². The summed E-state index contributed by atoms with van der Waals surface area (Å²) in [6.07, 6.45) is 12.9. The number of aliphatic hydroxyl groups is 1. The van der Waals surface area contributed by atoms with Crippen molar-refractivity contribution in [1.29, 1.82) is 0 Å². The molecule has 1 nitrogen and oxygen atoms in total. The van der Waals surface area contributed by atoms with Gasteiger partial charge in [0, 0.05) is 6.42 Å². The summed E-state index contributed by atoms with van der Waals surface area (Å²) >= 11 is 0. The average molecular weight is 166 g/mol. The van der Waals surface area contributed by atoms with Crippen LogP contribution >= 0.6 is 0 Å². The van der Waals surface area contributed by atoms with Crippen LogP contribution in [0.2, 0.25) is 0 Å². The zero-order valence-electron chi connectivity index (χ0n) is 7.63. The fourth-order valence-electron chi connectivity index (χ4n) is 1.99. The monoisotopic (exact) mass is 166 g/mol. The molecular weight excluding hydrogens is 148 g/mol. The van der Waals surface area contributed by atoms with E-state index in [0.29, 0.717) is 5.92 Å². The van der Waals surface area contributed by atoms with Gasteiger partial charge in [-0.3, -0.25) is 0 Å². The Kier molecular flexibility index (Phi) is 4.18. The molecule has 0 spiro atoms. The number of hydrogen-bond donors (Lipinski definition) is 1. The minimum Gasteiger partial charge on any atom is -0.393 e. The van der Waals surface area contributed by atoms with E-state index in [2.05, 4.69) is 5.92 Å². The van der Waals surface area contributed by atoms with E-state index in [1.165, 1.54) is 19.3 Å². The van der Waals surface area contributed by atoms with Crippen molar-refractivity contribution in [3.8, 4) is 12.3 Å². The Hall–Kier alpha value is -0.480. The molecule has 0 heterocycles. The van der Waals surface area contributed by atoms with Crippen LogP contribution in [0, 0.1) is 18.3 Å². The van der Waals surface area contributed by atoms with E-state index in [-0.39, 0.29) is 6.10 Å². The van der Waals surface area contributed by atoms with Crippen LogP contribution in [0.25, 0.3) is 0 Å². The second kappa shape index (κ2) is 5.22. The second-order valence-corrected chi connectivity index (χ2v) is 3.71. The summed E-state index contributed by atoms with van der Waals surface area (Å²) in [6.45, 7) is 0. The first-order valence-electron chi connectivity index (χ1n) is 4.96. The first-order chi connectivity index (χ1) is 5.84. The first-order valence-corrected chi connectivity index (χ1v) is 4.96. The minimum atomic E-state index is -0.0449. The van der Waals surface area contributed by atoms with E-state index in [1.54, 1.807) is 0 Å². The smallest absolute Gasteiger partial charge is 0.0568 e. The van der Waals surface area contributed by atoms with Crippen molar-refractivity contribution >= 4 is 0 Å². The molecule has 1 aliphatic rings. The maximum Gasteiger partial charge on any atom is 0.0568 e. The Morgan fingerprint density at radius 1 is 1.33 bits per heavy atom. The van der Waals surface area contributed by atoms with Crippen LogP contribution in [-0.4, -0.2) is 11.2 Å². The molecule has 0 bridgehead atoms. The molecule has 0 radical (unpaired) electrons. The largest absolute Gasteiger partial charge is 0.393 e. The van der Waals surface area contributed by atoms with Gasteiger partial charge in [0.15, 0.2) is 0 Å². The van der Waals surface area contributed by atoms with Gasteiger partial charge in [0.25, 0.3) is 0 Å². The molecule has 68 valence electrons. The molecular formula is C11H18O. The lowest BCUT2D eigenvalue weighted by atomic mass is 9.83. The summed E-state index contributed by atoms with van der Waals surface area (Å²) < 4.78 is 0. The summed E-state index contributed by atoms with van der Waals surface area (Å²) in [5.41, 5.74) is 0. The standard InChI is InChI=1S/C11H18O/c1-2-3-4-7-10-8-5-6-9-11(10)12/h1,10-12H,3-9H2. The van der Waals surface area contributed by atoms with Gasteiger partial charge >= 0.3 is 0 Å². The summed E-state index contributed by atoms with van der Waals surface area (Å²) in [6, 6.07) is 0. The molecule has 0 aliphatic heterocycles. The number of hydrogen-bond acceptors (Lipinski definition) is 1. The maximum atomic E-state index is 9.62. The van der Waals surface area contributed by atoms with Crippen LogP contribution < -0.4 is 0 Å². The van der Waals surface area contributed by atoms with Crippen LogP contribution in [0.15, 0.2) is 0 Å². The molecule has 2 atom stereocenters. The Morgan fingerprint density at radius 2 is 2.08 bits per heavy atom. The molecule has 0 amide bonds. The van der Waals surface area contributed by atoms with Crippen molar-refractivity contribution in [3.63, 3.8) is 0 Å². The predicted molar refractivity (Wildman–Crippen MR) is 50.6 cm³/mol. The lowest BCUT2D eigenvalue weighted by Gasteiger charge is -2.27. The van der Waals surface area contributed by atoms with Gasteiger partial charge in [-0.05, 0) is 31.6 Å². The number of aliphatic hydroxyl groups excluding tert-OH is 1. The topological polar surface area (TPSA) is 20.2 Å². The normalized spacial score (nSPS) is 29.7. The quantitative estimate of drug-likeness (QED) is 0.504. The number of unbranched alkanes of at least 4 members (excludes halogenated alkanes) is 1. The van der Waals surface area contributed by atoms with E-state index in [0.717, 1.165) is 25.7 Å². The van der Waals surface area contributed by atoms with Crippen LogP contribution in [0.5, 0.6) is 0 Å². The number of rotatable bonds is 3. The highest BCUT2D eigenvalue weighted by molar-refractivity contribution is 4.84. The van der Waals surface area contributed by atoms with Crippen molar-refractivity contribution in [2.75, 3.05) is 0 Å². The Bertz CT molecular complexity index is 157. The van der Waals surface area contributed by atoms with E-state index < -0.39 is 0 Å². The highest BCUT2D eigenvalue weighted by Gasteiger charge is 2.21. The van der Waals surface area contributed by atoms with E-state index in [9.17, 15) is 5.11 Å². The molecule has 1 heteroatoms. The number of terminal acetylenes is 1. The molecule has 0 aromatic rings. The van der Waals surface area contributed by atoms with Crippen molar-refractivity contribution in [2.45, 2.75) is 51.0 Å². The summed E-state index contributed by atoms with van der Waals surface area (Å²) in [5.74, 6) is 3.17. The van der Waals surface area contributed by atoms with Crippen LogP contribution in [0.3, 0.4) is 0 Å². The molecule has 2 unspecified atom stereocenters. The third-order valence-corrected chi connectivity index (χ3v) is 2.76. The van der Waals surface area contributed by atoms with Gasteiger partial charge < -0.3 is 5.11 Å². The lowest BCUT2D eigenvalue weighted by molar-refractivity contribution is 0.0645. The highest BCUT2D eigenvalue weighted by Crippen LogP contribution is 2.28. The molecule has 0 aromatic heterocycles. The van der Waals surface area contributed by atoms with Gasteiger partial charge in [-0.1, -0.05) is 12.8 Å². The molecule has 0 aromatic carbocycles. The third kappa shape index (κ3) is 2.87. The van der Waals surface area contributed by atoms with Gasteiger partial charge in [-0.2, -0.15) is 0 Å². The molecule has 1 rings (SSSR count). The van der Waals surface area contributed by atoms with Crippen LogP contribution in [0.1, 0.15) is 44.9 Å². The maximum absolute atomic E-state index is 9.62. The SMILES string of the molecule is C#CCCCC1CCCCC1O. The zero-order chi connectivity index (χ0) is 8.81. The third-order valence-electron chi connectivity index (χ3n) is 2.76. The van der Waals surface area contributed by atoms with Crippen LogP contribution in [0.4, 0.5) is 0 Å². The average Bonchev–Trinajstić information content (AvgIpc) is 2.09. The molecule has 1 saturated carbocycles. The highest BCUT2D eigenvalue weighted by atomic mass is 16.3. The van der Waals surface area contributed by atoms with Crippen LogP contribution in [-0.2, 0) is 0 Å². The first kappa shape index (κ1) is 9.61. The molecule has 1 aliphatic carbocycles. The summed E-state index contributed by atoms with van der Waals surface area (Å²) in [5, 5.41) is 9.62. The van der Waals surface area contributed by atoms with E-state index in [4.69, 9.17) is 6.42 Å². The Morgan fingerprint density at radius 3 is 2.75 bits per heavy atom. The molecule has 1 N–H and O–H groups in total. The summed E-state index contributed by atoms with van der Waals surface area (Å²) in [4.78, 5) is 0. The minimum absolute atomic E-state index is 0.0449. The van der Waals surface area contributed by atoms with E-state index in [1.807, 2.05) is 0 Å². The van der Waals surface area contributed by atoms with Gasteiger partial charge in [-0.25, -0.2) is 0 Å². The molecule has 12 heavy (non-hydrogen) atoms. The molecule has 1 fully saturated rings. The molecule has 0 saturated heterocycles. The lowest BCUT2D eigenvalue weighted by Crippen LogP contribution is -2.24. The van der Waals surface area contributed by atoms with Gasteiger partial charge in [-0.15, -0.1) is 12.3 Å². The van der Waals surface area contributed by atoms with Crippen molar-refractivity contribution in [2.24, 2.45) is 5.92 Å². The fraction of sp³-hybridized carbons (Fsp3) is 0.818.